The molecular formula is C22H27FN4O4S. The second-order valence-electron chi connectivity index (χ2n) is 7.27. The fourth-order valence-electron chi connectivity index (χ4n) is 3.22. The normalized spacial score (nSPS) is 15.7. The van der Waals surface area contributed by atoms with E-state index in [-0.39, 0.29) is 25.6 Å². The first-order chi connectivity index (χ1) is 15.5. The number of nitrogens with zero attached hydrogens (tertiary/aromatic N) is 2. The summed E-state index contributed by atoms with van der Waals surface area (Å²) in [5, 5.41) is 14.6. The predicted octanol–water partition coefficient (Wildman–Crippen LogP) is 2.16. The van der Waals surface area contributed by atoms with Crippen LogP contribution < -0.4 is 15.5 Å². The molecule has 3 N–H and O–H groups in total. The first kappa shape index (κ1) is 24.0. The number of carbonyl (C=O) groups is 2. The molecule has 0 radical (unpaired) electrons. The molecule has 172 valence electrons. The van der Waals surface area contributed by atoms with Gasteiger partial charge in [-0.1, -0.05) is 6.07 Å². The first-order valence-corrected chi connectivity index (χ1v) is 11.5. The minimum atomic E-state index is -0.569. The number of nitrogens with one attached hydrogen (secondary N) is 2. The monoisotopic (exact) mass is 462 g/mol. The van der Waals surface area contributed by atoms with Crippen molar-refractivity contribution in [1.82, 2.24) is 15.6 Å². The average Bonchev–Trinajstić information content (AvgIpc) is 3.16. The number of aliphatic hydroxyl groups is 1. The highest BCUT2D eigenvalue weighted by molar-refractivity contribution is 7.99. The number of cyclic esters (lactones) is 1. The Balaban J connectivity index is 1.58. The lowest BCUT2D eigenvalue weighted by molar-refractivity contribution is -0.119. The number of aliphatic hydroxyl groups excluding tert-OH is 1. The van der Waals surface area contributed by atoms with E-state index in [2.05, 4.69) is 15.6 Å². The van der Waals surface area contributed by atoms with Crippen LogP contribution in [0.1, 0.15) is 12.6 Å². The van der Waals surface area contributed by atoms with Gasteiger partial charge in [0, 0.05) is 48.8 Å². The molecule has 0 aliphatic carbocycles. The zero-order chi connectivity index (χ0) is 22.9. The summed E-state index contributed by atoms with van der Waals surface area (Å²) in [6, 6.07) is 8.25. The Morgan fingerprint density at radius 2 is 2.19 bits per heavy atom. The van der Waals surface area contributed by atoms with Gasteiger partial charge in [-0.3, -0.25) is 14.7 Å². The zero-order valence-electron chi connectivity index (χ0n) is 17.8. The predicted molar refractivity (Wildman–Crippen MR) is 122 cm³/mol. The molecule has 1 aliphatic rings. The number of pyridine rings is 1. The molecule has 1 fully saturated rings. The van der Waals surface area contributed by atoms with Crippen LogP contribution in [-0.4, -0.2) is 65.9 Å². The van der Waals surface area contributed by atoms with Crippen molar-refractivity contribution in [3.05, 3.63) is 48.0 Å². The molecule has 10 heteroatoms. The van der Waals surface area contributed by atoms with Gasteiger partial charge in [-0.25, -0.2) is 9.18 Å². The number of hydrogen-bond acceptors (Lipinski definition) is 7. The van der Waals surface area contributed by atoms with Crippen molar-refractivity contribution >= 4 is 29.4 Å². The molecule has 1 aromatic carbocycles. The first-order valence-electron chi connectivity index (χ1n) is 10.3. The van der Waals surface area contributed by atoms with E-state index in [9.17, 15) is 14.0 Å². The van der Waals surface area contributed by atoms with Crippen LogP contribution in [0.5, 0.6) is 0 Å². The number of hydrogen-bond donors (Lipinski definition) is 3. The van der Waals surface area contributed by atoms with E-state index in [4.69, 9.17) is 9.84 Å². The quantitative estimate of drug-likeness (QED) is 0.440. The van der Waals surface area contributed by atoms with Crippen LogP contribution in [-0.2, 0) is 16.1 Å². The SMILES string of the molecule is CC(=O)NC[C@H]1CN(c2ccc(-c3ccc(CNCCSCCO)nc3)c(F)c2)C(=O)O1. The van der Waals surface area contributed by atoms with Crippen molar-refractivity contribution in [3.63, 3.8) is 0 Å². The lowest BCUT2D eigenvalue weighted by Gasteiger charge is -2.14. The molecule has 1 aromatic heterocycles. The Labute approximate surface area is 190 Å². The largest absolute Gasteiger partial charge is 0.442 e. The van der Waals surface area contributed by atoms with Crippen molar-refractivity contribution < 1.29 is 23.8 Å². The van der Waals surface area contributed by atoms with Crippen LogP contribution in [0.2, 0.25) is 0 Å². The molecule has 1 aliphatic heterocycles. The fourth-order valence-corrected chi connectivity index (χ4v) is 3.84. The summed E-state index contributed by atoms with van der Waals surface area (Å²) >= 11 is 1.68. The molecule has 8 nitrogen and oxygen atoms in total. The summed E-state index contributed by atoms with van der Waals surface area (Å²) in [5.41, 5.74) is 2.28. The number of ether oxygens (including phenoxy) is 1. The minimum Gasteiger partial charge on any atom is -0.442 e. The number of rotatable bonds is 11. The van der Waals surface area contributed by atoms with Crippen LogP contribution in [0.3, 0.4) is 0 Å². The molecule has 1 saturated heterocycles. The topological polar surface area (TPSA) is 104 Å². The maximum atomic E-state index is 14.8. The van der Waals surface area contributed by atoms with Gasteiger partial charge in [0.15, 0.2) is 0 Å². The summed E-state index contributed by atoms with van der Waals surface area (Å²) in [6.07, 6.45) is 0.581. The van der Waals surface area contributed by atoms with Crippen LogP contribution >= 0.6 is 11.8 Å². The Morgan fingerprint density at radius 1 is 1.34 bits per heavy atom. The van der Waals surface area contributed by atoms with Crippen LogP contribution in [0.4, 0.5) is 14.9 Å². The molecule has 0 spiro atoms. The van der Waals surface area contributed by atoms with Crippen molar-refractivity contribution in [3.8, 4) is 11.1 Å². The van der Waals surface area contributed by atoms with Crippen LogP contribution in [0.15, 0.2) is 36.5 Å². The van der Waals surface area contributed by atoms with E-state index in [1.54, 1.807) is 30.1 Å². The van der Waals surface area contributed by atoms with Gasteiger partial charge in [-0.15, -0.1) is 0 Å². The van der Waals surface area contributed by atoms with Crippen molar-refractivity contribution in [2.75, 3.05) is 42.6 Å². The number of thioether (sulfide) groups is 1. The van der Waals surface area contributed by atoms with E-state index in [0.29, 0.717) is 23.4 Å². The Bertz CT molecular complexity index is 929. The molecular weight excluding hydrogens is 435 g/mol. The second-order valence-corrected chi connectivity index (χ2v) is 8.49. The summed E-state index contributed by atoms with van der Waals surface area (Å²) in [5.74, 6) is 0.973. The Kier molecular flexibility index (Phi) is 8.83. The maximum absolute atomic E-state index is 14.8. The third-order valence-corrected chi connectivity index (χ3v) is 5.78. The number of anilines is 1. The molecule has 1 atom stereocenters. The van der Waals surface area contributed by atoms with Gasteiger partial charge >= 0.3 is 6.09 Å². The van der Waals surface area contributed by atoms with Gasteiger partial charge in [0.05, 0.1) is 31.1 Å². The highest BCUT2D eigenvalue weighted by Gasteiger charge is 2.32. The number of carbonyl (C=O) groups excluding carboxylic acids is 2. The number of halogens is 1. The summed E-state index contributed by atoms with van der Waals surface area (Å²) < 4.78 is 20.0. The van der Waals surface area contributed by atoms with Gasteiger partial charge in [-0.05, 0) is 24.3 Å². The standard InChI is InChI=1S/C22H27FN4O4S/c1-15(29)25-13-19-14-27(22(30)31-19)18-4-5-20(21(23)10-18)16-2-3-17(26-11-16)12-24-6-8-32-9-7-28/h2-5,10-11,19,24,28H,6-9,12-14H2,1H3,(H,25,29)/t19-/m0/s1. The lowest BCUT2D eigenvalue weighted by Crippen LogP contribution is -2.33. The smallest absolute Gasteiger partial charge is 0.414 e. The molecule has 3 rings (SSSR count). The fraction of sp³-hybridized carbons (Fsp3) is 0.409. The van der Waals surface area contributed by atoms with Crippen molar-refractivity contribution in [1.29, 1.82) is 0 Å². The van der Waals surface area contributed by atoms with E-state index >= 15 is 0 Å². The molecule has 0 bridgehead atoms. The summed E-state index contributed by atoms with van der Waals surface area (Å²) in [6.45, 7) is 3.45. The van der Waals surface area contributed by atoms with Gasteiger partial charge in [0.1, 0.15) is 11.9 Å². The number of benzene rings is 1. The molecule has 2 heterocycles. The van der Waals surface area contributed by atoms with E-state index in [1.807, 2.05) is 12.1 Å². The Morgan fingerprint density at radius 3 is 2.88 bits per heavy atom. The third kappa shape index (κ3) is 6.65. The van der Waals surface area contributed by atoms with Gasteiger partial charge < -0.3 is 20.5 Å². The van der Waals surface area contributed by atoms with Crippen molar-refractivity contribution in [2.45, 2.75) is 19.6 Å². The molecule has 0 saturated carbocycles. The van der Waals surface area contributed by atoms with E-state index in [0.717, 1.165) is 23.7 Å². The van der Waals surface area contributed by atoms with E-state index < -0.39 is 18.0 Å². The second kappa shape index (κ2) is 11.8. The minimum absolute atomic E-state index is 0.187. The van der Waals surface area contributed by atoms with Gasteiger partial charge in [0.2, 0.25) is 5.91 Å². The third-order valence-electron chi connectivity index (χ3n) is 4.82. The molecule has 32 heavy (non-hydrogen) atoms. The van der Waals surface area contributed by atoms with Gasteiger partial charge in [-0.2, -0.15) is 11.8 Å². The van der Waals surface area contributed by atoms with E-state index in [1.165, 1.54) is 17.9 Å². The summed E-state index contributed by atoms with van der Waals surface area (Å²) in [7, 11) is 0. The average molecular weight is 463 g/mol. The van der Waals surface area contributed by atoms with Crippen LogP contribution in [0.25, 0.3) is 11.1 Å². The highest BCUT2D eigenvalue weighted by Crippen LogP contribution is 2.28. The van der Waals surface area contributed by atoms with Crippen molar-refractivity contribution in [2.24, 2.45) is 0 Å². The molecule has 2 aromatic rings. The van der Waals surface area contributed by atoms with Gasteiger partial charge in [0.25, 0.3) is 0 Å². The number of amides is 2. The molecule has 0 unspecified atom stereocenters. The maximum Gasteiger partial charge on any atom is 0.414 e. The molecule has 2 amide bonds. The summed E-state index contributed by atoms with van der Waals surface area (Å²) in [4.78, 5) is 28.9. The lowest BCUT2D eigenvalue weighted by atomic mass is 10.1. The number of aromatic nitrogens is 1. The highest BCUT2D eigenvalue weighted by atomic mass is 32.2. The Hall–Kier alpha value is -2.69. The zero-order valence-corrected chi connectivity index (χ0v) is 18.7. The van der Waals surface area contributed by atoms with Crippen LogP contribution in [0, 0.1) is 5.82 Å².